The van der Waals surface area contributed by atoms with Crippen LogP contribution in [0.4, 0.5) is 5.69 Å². The number of aromatic nitrogens is 2. The zero-order chi connectivity index (χ0) is 18.6. The van der Waals surface area contributed by atoms with E-state index in [1.54, 1.807) is 6.20 Å². The molecule has 0 saturated carbocycles. The quantitative estimate of drug-likeness (QED) is 0.707. The minimum absolute atomic E-state index is 0.0845. The van der Waals surface area contributed by atoms with Crippen molar-refractivity contribution in [1.29, 1.82) is 0 Å². The molecule has 138 valence electrons. The summed E-state index contributed by atoms with van der Waals surface area (Å²) in [6.07, 6.45) is 5.73. The number of hydrazine groups is 1. The zero-order valence-corrected chi connectivity index (χ0v) is 15.5. The number of imidazole rings is 1. The number of benzene rings is 2. The summed E-state index contributed by atoms with van der Waals surface area (Å²) < 4.78 is 1.93. The predicted molar refractivity (Wildman–Crippen MR) is 107 cm³/mol. The first kappa shape index (κ1) is 17.3. The lowest BCUT2D eigenvalue weighted by molar-refractivity contribution is -0.135. The van der Waals surface area contributed by atoms with Gasteiger partial charge in [-0.1, -0.05) is 48.5 Å². The molecule has 0 unspecified atom stereocenters. The van der Waals surface area contributed by atoms with E-state index in [1.807, 2.05) is 64.3 Å². The number of amides is 1. The van der Waals surface area contributed by atoms with Gasteiger partial charge in [-0.3, -0.25) is 9.80 Å². The Labute approximate surface area is 159 Å². The first-order valence-corrected chi connectivity index (χ1v) is 9.45. The van der Waals surface area contributed by atoms with Crippen molar-refractivity contribution < 1.29 is 4.79 Å². The van der Waals surface area contributed by atoms with Crippen LogP contribution in [0.25, 0.3) is 11.4 Å². The number of hydrogen-bond acceptors (Lipinski definition) is 3. The third kappa shape index (κ3) is 3.58. The molecule has 1 saturated heterocycles. The number of carbonyl (C=O) groups is 1. The van der Waals surface area contributed by atoms with Crippen LogP contribution in [-0.4, -0.2) is 33.1 Å². The van der Waals surface area contributed by atoms with Gasteiger partial charge in [0, 0.05) is 24.5 Å². The van der Waals surface area contributed by atoms with Crippen LogP contribution in [0.5, 0.6) is 0 Å². The van der Waals surface area contributed by atoms with E-state index in [0.29, 0.717) is 0 Å². The Kier molecular flexibility index (Phi) is 4.92. The van der Waals surface area contributed by atoms with Gasteiger partial charge in [0.25, 0.3) is 5.91 Å². The maximum absolute atomic E-state index is 13.3. The smallest absolute Gasteiger partial charge is 0.261 e. The average molecular weight is 360 g/mol. The van der Waals surface area contributed by atoms with Crippen molar-refractivity contribution in [1.82, 2.24) is 14.6 Å². The fraction of sp³-hybridized carbons (Fsp3) is 0.273. The maximum atomic E-state index is 13.3. The molecule has 1 aliphatic rings. The second-order valence-electron chi connectivity index (χ2n) is 6.93. The Bertz CT molecular complexity index is 891. The largest absolute Gasteiger partial charge is 0.321 e. The van der Waals surface area contributed by atoms with E-state index in [2.05, 4.69) is 29.0 Å². The summed E-state index contributed by atoms with van der Waals surface area (Å²) in [5.41, 5.74) is 2.08. The number of para-hydroxylation sites is 1. The van der Waals surface area contributed by atoms with Gasteiger partial charge in [0.1, 0.15) is 12.4 Å². The van der Waals surface area contributed by atoms with Crippen molar-refractivity contribution in [3.8, 4) is 11.4 Å². The molecule has 27 heavy (non-hydrogen) atoms. The summed E-state index contributed by atoms with van der Waals surface area (Å²) in [5.74, 6) is 0.904. The second kappa shape index (κ2) is 7.66. The van der Waals surface area contributed by atoms with E-state index in [0.717, 1.165) is 36.5 Å². The average Bonchev–Trinajstić information content (AvgIpc) is 3.17. The van der Waals surface area contributed by atoms with Crippen molar-refractivity contribution in [2.45, 2.75) is 32.4 Å². The second-order valence-corrected chi connectivity index (χ2v) is 6.93. The van der Waals surface area contributed by atoms with Crippen LogP contribution >= 0.6 is 0 Å². The summed E-state index contributed by atoms with van der Waals surface area (Å²) in [4.78, 5) is 17.7. The van der Waals surface area contributed by atoms with E-state index in [4.69, 9.17) is 0 Å². The molecule has 2 aromatic carbocycles. The lowest BCUT2D eigenvalue weighted by atomic mass is 10.1. The highest BCUT2D eigenvalue weighted by Gasteiger charge is 2.30. The topological polar surface area (TPSA) is 41.4 Å². The Morgan fingerprint density at radius 2 is 1.78 bits per heavy atom. The highest BCUT2D eigenvalue weighted by molar-refractivity contribution is 5.79. The molecule has 4 rings (SSSR count). The Hall–Kier alpha value is -3.08. The molecular weight excluding hydrogens is 336 g/mol. The number of carbonyl (C=O) groups excluding carboxylic acids is 1. The lowest BCUT2D eigenvalue weighted by Crippen LogP contribution is -2.56. The Balaban J connectivity index is 1.59. The minimum Gasteiger partial charge on any atom is -0.321 e. The molecule has 2 heterocycles. The van der Waals surface area contributed by atoms with E-state index >= 15 is 0 Å². The minimum atomic E-state index is 0.0845. The molecule has 0 radical (unpaired) electrons. The van der Waals surface area contributed by atoms with Gasteiger partial charge in [0.15, 0.2) is 0 Å². The highest BCUT2D eigenvalue weighted by Crippen LogP contribution is 2.26. The first-order valence-electron chi connectivity index (χ1n) is 9.45. The van der Waals surface area contributed by atoms with Crippen LogP contribution in [0, 0.1) is 0 Å². The summed E-state index contributed by atoms with van der Waals surface area (Å²) in [5, 5.41) is 4.04. The number of rotatable bonds is 4. The van der Waals surface area contributed by atoms with E-state index < -0.39 is 0 Å². The van der Waals surface area contributed by atoms with Crippen LogP contribution in [-0.2, 0) is 11.3 Å². The van der Waals surface area contributed by atoms with Crippen molar-refractivity contribution in [3.05, 3.63) is 73.1 Å². The molecule has 0 spiro atoms. The molecule has 0 aliphatic carbocycles. The van der Waals surface area contributed by atoms with Crippen LogP contribution in [0.1, 0.15) is 19.8 Å². The fourth-order valence-electron chi connectivity index (χ4n) is 3.74. The Morgan fingerprint density at radius 1 is 1.07 bits per heavy atom. The number of anilines is 1. The van der Waals surface area contributed by atoms with Gasteiger partial charge in [-0.25, -0.2) is 9.99 Å². The zero-order valence-electron chi connectivity index (χ0n) is 15.5. The number of nitrogens with zero attached hydrogens (tertiary/aromatic N) is 4. The molecule has 5 nitrogen and oxygen atoms in total. The van der Waals surface area contributed by atoms with Crippen molar-refractivity contribution in [2.75, 3.05) is 11.6 Å². The summed E-state index contributed by atoms with van der Waals surface area (Å²) in [6.45, 7) is 3.26. The van der Waals surface area contributed by atoms with Gasteiger partial charge in [-0.2, -0.15) is 0 Å². The predicted octanol–water partition coefficient (Wildman–Crippen LogP) is 3.98. The van der Waals surface area contributed by atoms with E-state index in [-0.39, 0.29) is 18.5 Å². The van der Waals surface area contributed by atoms with Crippen LogP contribution < -0.4 is 5.01 Å². The van der Waals surface area contributed by atoms with Crippen molar-refractivity contribution in [2.24, 2.45) is 0 Å². The van der Waals surface area contributed by atoms with Gasteiger partial charge in [0.05, 0.1) is 11.7 Å². The van der Waals surface area contributed by atoms with E-state index in [1.165, 1.54) is 0 Å². The third-order valence-corrected chi connectivity index (χ3v) is 5.03. The SMILES string of the molecule is C[C@H]1CCCN(c2ccccc2)N1C(=O)Cn1ccnc1-c1ccccc1. The van der Waals surface area contributed by atoms with Crippen molar-refractivity contribution in [3.63, 3.8) is 0 Å². The summed E-state index contributed by atoms with van der Waals surface area (Å²) >= 11 is 0. The summed E-state index contributed by atoms with van der Waals surface area (Å²) in [7, 11) is 0. The van der Waals surface area contributed by atoms with Gasteiger partial charge in [-0.05, 0) is 31.9 Å². The first-order chi connectivity index (χ1) is 13.2. The summed E-state index contributed by atoms with van der Waals surface area (Å²) in [6, 6.07) is 20.3. The molecule has 1 aliphatic heterocycles. The molecule has 1 amide bonds. The van der Waals surface area contributed by atoms with E-state index in [9.17, 15) is 4.79 Å². The lowest BCUT2D eigenvalue weighted by Gasteiger charge is -2.44. The normalized spacial score (nSPS) is 17.1. The molecule has 3 aromatic rings. The van der Waals surface area contributed by atoms with Crippen molar-refractivity contribution >= 4 is 11.6 Å². The number of hydrogen-bond donors (Lipinski definition) is 0. The van der Waals surface area contributed by atoms with Crippen LogP contribution in [0.3, 0.4) is 0 Å². The highest BCUT2D eigenvalue weighted by atomic mass is 16.2. The van der Waals surface area contributed by atoms with Gasteiger partial charge in [-0.15, -0.1) is 0 Å². The molecule has 1 atom stereocenters. The maximum Gasteiger partial charge on any atom is 0.261 e. The van der Waals surface area contributed by atoms with Gasteiger partial charge in [0.2, 0.25) is 0 Å². The molecule has 1 aromatic heterocycles. The molecule has 0 bridgehead atoms. The Morgan fingerprint density at radius 3 is 2.52 bits per heavy atom. The fourth-order valence-corrected chi connectivity index (χ4v) is 3.74. The van der Waals surface area contributed by atoms with Crippen LogP contribution in [0.15, 0.2) is 73.1 Å². The molecule has 5 heteroatoms. The molecule has 1 fully saturated rings. The van der Waals surface area contributed by atoms with Gasteiger partial charge >= 0.3 is 0 Å². The molecular formula is C22H24N4O. The van der Waals surface area contributed by atoms with Crippen LogP contribution in [0.2, 0.25) is 0 Å². The van der Waals surface area contributed by atoms with Gasteiger partial charge < -0.3 is 4.57 Å². The third-order valence-electron chi connectivity index (χ3n) is 5.03. The molecule has 0 N–H and O–H groups in total. The standard InChI is InChI=1S/C22H24N4O/c1-18-9-8-15-25(20-12-6-3-7-13-20)26(18)21(27)17-24-16-14-23-22(24)19-10-4-2-5-11-19/h2-7,10-14,16,18H,8-9,15,17H2,1H3/t18-/m0/s1. The monoisotopic (exact) mass is 360 g/mol.